The van der Waals surface area contributed by atoms with Gasteiger partial charge in [-0.15, -0.1) is 0 Å². The molecule has 3 heterocycles. The fraction of sp³-hybridized carbons (Fsp3) is 0.684. The van der Waals surface area contributed by atoms with Crippen LogP contribution >= 0.6 is 0 Å². The molecule has 0 amide bonds. The van der Waals surface area contributed by atoms with Crippen LogP contribution in [-0.4, -0.2) is 55.4 Å². The van der Waals surface area contributed by atoms with Crippen LogP contribution < -0.4 is 10.4 Å². The molecule has 4 nitrogen and oxygen atoms in total. The Bertz CT molecular complexity index is 586. The topological polar surface area (TPSA) is 24.9 Å². The molecule has 0 aromatic heterocycles. The maximum absolute atomic E-state index is 6.15. The maximum Gasteiger partial charge on any atom is 0.494 e. The number of benzene rings is 1. The molecule has 1 aromatic carbocycles. The molecule has 4 rings (SSSR count). The third-order valence-corrected chi connectivity index (χ3v) is 6.63. The van der Waals surface area contributed by atoms with Crippen molar-refractivity contribution in [2.75, 3.05) is 25.0 Å². The number of anilines is 1. The van der Waals surface area contributed by atoms with Crippen molar-refractivity contribution in [1.82, 2.24) is 4.90 Å². The van der Waals surface area contributed by atoms with Gasteiger partial charge in [0, 0.05) is 30.9 Å². The molecule has 3 fully saturated rings. The Morgan fingerprint density at radius 3 is 1.92 bits per heavy atom. The summed E-state index contributed by atoms with van der Waals surface area (Å²) in [5, 5.41) is 0. The van der Waals surface area contributed by atoms with Gasteiger partial charge < -0.3 is 14.2 Å². The lowest BCUT2D eigenvalue weighted by Gasteiger charge is -2.40. The Labute approximate surface area is 146 Å². The lowest BCUT2D eigenvalue weighted by Crippen LogP contribution is -2.52. The van der Waals surface area contributed by atoms with Crippen LogP contribution in [0.4, 0.5) is 5.69 Å². The van der Waals surface area contributed by atoms with Gasteiger partial charge in [0.05, 0.1) is 11.2 Å². The molecule has 2 bridgehead atoms. The molecule has 2 unspecified atom stereocenters. The molecule has 0 saturated carbocycles. The van der Waals surface area contributed by atoms with Crippen LogP contribution in [0, 0.1) is 0 Å². The highest BCUT2D eigenvalue weighted by Gasteiger charge is 2.51. The van der Waals surface area contributed by atoms with Crippen LogP contribution in [0.25, 0.3) is 0 Å². The molecule has 0 spiro atoms. The summed E-state index contributed by atoms with van der Waals surface area (Å²) in [5.41, 5.74) is 1.86. The molecule has 5 heteroatoms. The van der Waals surface area contributed by atoms with Crippen molar-refractivity contribution in [3.05, 3.63) is 24.3 Å². The molecule has 3 aliphatic rings. The predicted molar refractivity (Wildman–Crippen MR) is 98.9 cm³/mol. The SMILES string of the molecule is CN1C2CCC1CN(c1ccc(B3OC(C)(C)C(C)(C)O3)cc1)C2. The van der Waals surface area contributed by atoms with Gasteiger partial charge >= 0.3 is 7.12 Å². The highest BCUT2D eigenvalue weighted by molar-refractivity contribution is 6.62. The second-order valence-corrected chi connectivity index (χ2v) is 8.64. The van der Waals surface area contributed by atoms with E-state index in [1.54, 1.807) is 0 Å². The summed E-state index contributed by atoms with van der Waals surface area (Å²) >= 11 is 0. The zero-order valence-corrected chi connectivity index (χ0v) is 15.6. The van der Waals surface area contributed by atoms with Crippen LogP contribution in [0.5, 0.6) is 0 Å². The van der Waals surface area contributed by atoms with Crippen molar-refractivity contribution in [3.8, 4) is 0 Å². The van der Waals surface area contributed by atoms with Gasteiger partial charge in [0.2, 0.25) is 0 Å². The van der Waals surface area contributed by atoms with E-state index in [1.807, 2.05) is 0 Å². The van der Waals surface area contributed by atoms with E-state index in [4.69, 9.17) is 9.31 Å². The number of hydrogen-bond acceptors (Lipinski definition) is 4. The zero-order valence-electron chi connectivity index (χ0n) is 15.6. The van der Waals surface area contributed by atoms with Gasteiger partial charge in [0.25, 0.3) is 0 Å². The Hall–Kier alpha value is -1.04. The number of fused-ring (bicyclic) bond motifs is 2. The Kier molecular flexibility index (Phi) is 3.75. The van der Waals surface area contributed by atoms with E-state index in [0.29, 0.717) is 12.1 Å². The summed E-state index contributed by atoms with van der Waals surface area (Å²) in [5.74, 6) is 0. The molecule has 1 aromatic rings. The maximum atomic E-state index is 6.15. The third-order valence-electron chi connectivity index (χ3n) is 6.63. The minimum Gasteiger partial charge on any atom is -0.399 e. The van der Waals surface area contributed by atoms with E-state index >= 15 is 0 Å². The fourth-order valence-corrected chi connectivity index (χ4v) is 4.15. The van der Waals surface area contributed by atoms with Crippen LogP contribution in [0.3, 0.4) is 0 Å². The number of rotatable bonds is 2. The fourth-order valence-electron chi connectivity index (χ4n) is 4.15. The lowest BCUT2D eigenvalue weighted by atomic mass is 9.79. The third kappa shape index (κ3) is 2.58. The predicted octanol–water partition coefficient (Wildman–Crippen LogP) is 2.27. The lowest BCUT2D eigenvalue weighted by molar-refractivity contribution is 0.00578. The number of nitrogens with zero attached hydrogens (tertiary/aromatic N) is 2. The molecule has 0 N–H and O–H groups in total. The minimum absolute atomic E-state index is 0.271. The summed E-state index contributed by atoms with van der Waals surface area (Å²) in [6.07, 6.45) is 2.67. The molecule has 0 aliphatic carbocycles. The summed E-state index contributed by atoms with van der Waals surface area (Å²) in [6.45, 7) is 10.7. The van der Waals surface area contributed by atoms with E-state index in [-0.39, 0.29) is 18.3 Å². The molecule has 0 radical (unpaired) electrons. The number of hydrogen-bond donors (Lipinski definition) is 0. The Morgan fingerprint density at radius 1 is 0.917 bits per heavy atom. The average Bonchev–Trinajstić information content (AvgIpc) is 2.87. The van der Waals surface area contributed by atoms with Crippen molar-refractivity contribution in [3.63, 3.8) is 0 Å². The zero-order chi connectivity index (χ0) is 17.1. The van der Waals surface area contributed by atoms with Gasteiger partial charge in [-0.05, 0) is 65.2 Å². The smallest absolute Gasteiger partial charge is 0.399 e. The van der Waals surface area contributed by atoms with Gasteiger partial charge in [-0.2, -0.15) is 0 Å². The number of likely N-dealkylation sites (N-methyl/N-ethyl adjacent to an activating group) is 1. The van der Waals surface area contributed by atoms with Crippen molar-refractivity contribution in [2.45, 2.75) is 63.8 Å². The first-order chi connectivity index (χ1) is 11.3. The normalized spacial score (nSPS) is 31.7. The second-order valence-electron chi connectivity index (χ2n) is 8.64. The number of piperazine rings is 1. The Morgan fingerprint density at radius 2 is 1.42 bits per heavy atom. The van der Waals surface area contributed by atoms with Gasteiger partial charge in [0.15, 0.2) is 0 Å². The first-order valence-corrected chi connectivity index (χ1v) is 9.19. The van der Waals surface area contributed by atoms with Crippen LogP contribution in [-0.2, 0) is 9.31 Å². The van der Waals surface area contributed by atoms with Gasteiger partial charge in [0.1, 0.15) is 0 Å². The van der Waals surface area contributed by atoms with Crippen LogP contribution in [0.2, 0.25) is 0 Å². The van der Waals surface area contributed by atoms with E-state index in [0.717, 1.165) is 18.6 Å². The van der Waals surface area contributed by atoms with Crippen molar-refractivity contribution in [1.29, 1.82) is 0 Å². The van der Waals surface area contributed by atoms with E-state index in [1.165, 1.54) is 18.5 Å². The molecular formula is C19H29BN2O2. The minimum atomic E-state index is -0.285. The van der Waals surface area contributed by atoms with E-state index < -0.39 is 0 Å². The highest BCUT2D eigenvalue weighted by atomic mass is 16.7. The van der Waals surface area contributed by atoms with Gasteiger partial charge in [-0.3, -0.25) is 4.90 Å². The summed E-state index contributed by atoms with van der Waals surface area (Å²) in [4.78, 5) is 5.10. The van der Waals surface area contributed by atoms with Crippen LogP contribution in [0.1, 0.15) is 40.5 Å². The second kappa shape index (κ2) is 5.48. The summed E-state index contributed by atoms with van der Waals surface area (Å²) < 4.78 is 12.3. The molecular weight excluding hydrogens is 299 g/mol. The summed E-state index contributed by atoms with van der Waals surface area (Å²) in [7, 11) is 2.01. The van der Waals surface area contributed by atoms with Crippen molar-refractivity contribution in [2.24, 2.45) is 0 Å². The molecule has 24 heavy (non-hydrogen) atoms. The Balaban J connectivity index is 1.48. The van der Waals surface area contributed by atoms with E-state index in [9.17, 15) is 0 Å². The van der Waals surface area contributed by atoms with E-state index in [2.05, 4.69) is 68.8 Å². The van der Waals surface area contributed by atoms with Crippen molar-refractivity contribution >= 4 is 18.3 Å². The van der Waals surface area contributed by atoms with Gasteiger partial charge in [-0.25, -0.2) is 0 Å². The van der Waals surface area contributed by atoms with Crippen LogP contribution in [0.15, 0.2) is 24.3 Å². The highest BCUT2D eigenvalue weighted by Crippen LogP contribution is 2.36. The average molecular weight is 328 g/mol. The molecule has 3 saturated heterocycles. The van der Waals surface area contributed by atoms with Crippen molar-refractivity contribution < 1.29 is 9.31 Å². The monoisotopic (exact) mass is 328 g/mol. The quantitative estimate of drug-likeness (QED) is 0.778. The van der Waals surface area contributed by atoms with Gasteiger partial charge in [-0.1, -0.05) is 12.1 Å². The largest absolute Gasteiger partial charge is 0.494 e. The summed E-state index contributed by atoms with van der Waals surface area (Å²) in [6, 6.07) is 10.2. The first-order valence-electron chi connectivity index (χ1n) is 9.19. The molecule has 2 atom stereocenters. The standard InChI is InChI=1S/C19H29BN2O2/c1-18(2)19(3,4)24-20(23-18)14-6-8-15(9-7-14)22-12-16-10-11-17(13-22)21(16)5/h6-9,16-17H,10-13H2,1-5H3. The first kappa shape index (κ1) is 16.4. The molecule has 3 aliphatic heterocycles. The molecule has 130 valence electrons.